The van der Waals surface area contributed by atoms with Gasteiger partial charge in [0.2, 0.25) is 5.91 Å². The fraction of sp³-hybridized carbons (Fsp3) is 0.619. The van der Waals surface area contributed by atoms with E-state index in [0.29, 0.717) is 6.42 Å². The fourth-order valence-electron chi connectivity index (χ4n) is 4.34. The van der Waals surface area contributed by atoms with Crippen LogP contribution in [0.15, 0.2) is 24.3 Å². The topological polar surface area (TPSA) is 46.6 Å². The summed E-state index contributed by atoms with van der Waals surface area (Å²) >= 11 is 0. The minimum Gasteiger partial charge on any atom is -0.460 e. The first kappa shape index (κ1) is 18.0. The third-order valence-electron chi connectivity index (χ3n) is 5.38. The van der Waals surface area contributed by atoms with E-state index in [9.17, 15) is 9.59 Å². The van der Waals surface area contributed by atoms with Crippen molar-refractivity contribution < 1.29 is 14.3 Å². The molecule has 25 heavy (non-hydrogen) atoms. The summed E-state index contributed by atoms with van der Waals surface area (Å²) in [6, 6.07) is 8.35. The van der Waals surface area contributed by atoms with E-state index in [4.69, 9.17) is 4.74 Å². The van der Waals surface area contributed by atoms with Crippen LogP contribution in [0.1, 0.15) is 58.1 Å². The van der Waals surface area contributed by atoms with Crippen LogP contribution in [0.25, 0.3) is 0 Å². The third-order valence-corrected chi connectivity index (χ3v) is 5.38. The summed E-state index contributed by atoms with van der Waals surface area (Å²) in [7, 11) is 0. The van der Waals surface area contributed by atoms with Crippen LogP contribution in [-0.4, -0.2) is 34.5 Å². The molecule has 2 heterocycles. The maximum Gasteiger partial charge on any atom is 0.311 e. The van der Waals surface area contributed by atoms with Gasteiger partial charge < -0.3 is 9.64 Å². The minimum atomic E-state index is -0.478. The van der Waals surface area contributed by atoms with Crippen molar-refractivity contribution >= 4 is 11.9 Å². The predicted octanol–water partition coefficient (Wildman–Crippen LogP) is 3.51. The lowest BCUT2D eigenvalue weighted by Crippen LogP contribution is -2.40. The molecule has 1 amide bonds. The second-order valence-corrected chi connectivity index (χ2v) is 8.27. The van der Waals surface area contributed by atoms with Crippen molar-refractivity contribution in [3.63, 3.8) is 0 Å². The zero-order chi connectivity index (χ0) is 18.2. The molecular formula is C21H29NO3. The lowest BCUT2D eigenvalue weighted by Gasteiger charge is -2.27. The molecule has 136 valence electrons. The van der Waals surface area contributed by atoms with Gasteiger partial charge in [-0.3, -0.25) is 9.59 Å². The van der Waals surface area contributed by atoms with Gasteiger partial charge in [0, 0.05) is 12.1 Å². The van der Waals surface area contributed by atoms with Crippen molar-refractivity contribution in [1.29, 1.82) is 0 Å². The molecule has 2 aliphatic heterocycles. The average molecular weight is 343 g/mol. The highest BCUT2D eigenvalue weighted by Crippen LogP contribution is 2.43. The van der Waals surface area contributed by atoms with Crippen molar-refractivity contribution in [2.75, 3.05) is 0 Å². The third kappa shape index (κ3) is 3.73. The number of rotatable bonds is 4. The van der Waals surface area contributed by atoms with Crippen LogP contribution < -0.4 is 0 Å². The summed E-state index contributed by atoms with van der Waals surface area (Å²) in [6.07, 6.45) is 4.02. The molecule has 0 aliphatic carbocycles. The molecule has 3 rings (SSSR count). The second-order valence-electron chi connectivity index (χ2n) is 8.27. The number of hydrogen-bond donors (Lipinski definition) is 0. The van der Waals surface area contributed by atoms with E-state index in [-0.39, 0.29) is 29.9 Å². The SMILES string of the molecule is CCc1ccccc1CC(=O)N1C2CCC1C(C(=O)OC(C)(C)C)C2. The Morgan fingerprint density at radius 1 is 1.16 bits per heavy atom. The molecule has 2 fully saturated rings. The molecule has 4 nitrogen and oxygen atoms in total. The van der Waals surface area contributed by atoms with Gasteiger partial charge in [0.1, 0.15) is 5.60 Å². The lowest BCUT2D eigenvalue weighted by atomic mass is 9.89. The molecule has 2 bridgehead atoms. The van der Waals surface area contributed by atoms with Crippen LogP contribution in [0.4, 0.5) is 0 Å². The molecule has 0 spiro atoms. The average Bonchev–Trinajstić information content (AvgIpc) is 3.11. The van der Waals surface area contributed by atoms with Crippen LogP contribution in [0.5, 0.6) is 0 Å². The van der Waals surface area contributed by atoms with Crippen LogP contribution in [0.2, 0.25) is 0 Å². The molecule has 0 aromatic heterocycles. The molecule has 0 saturated carbocycles. The Balaban J connectivity index is 1.71. The summed E-state index contributed by atoms with van der Waals surface area (Å²) in [5, 5.41) is 0. The molecule has 0 N–H and O–H groups in total. The largest absolute Gasteiger partial charge is 0.460 e. The van der Waals surface area contributed by atoms with Crippen LogP contribution >= 0.6 is 0 Å². The summed E-state index contributed by atoms with van der Waals surface area (Å²) in [6.45, 7) is 7.79. The summed E-state index contributed by atoms with van der Waals surface area (Å²) < 4.78 is 5.58. The van der Waals surface area contributed by atoms with E-state index < -0.39 is 5.60 Å². The first-order chi connectivity index (χ1) is 11.8. The van der Waals surface area contributed by atoms with Crippen molar-refractivity contribution in [2.45, 2.75) is 77.5 Å². The Bertz CT molecular complexity index is 661. The summed E-state index contributed by atoms with van der Waals surface area (Å²) in [4.78, 5) is 27.5. The number of aryl methyl sites for hydroxylation is 1. The van der Waals surface area contributed by atoms with Crippen molar-refractivity contribution in [3.05, 3.63) is 35.4 Å². The van der Waals surface area contributed by atoms with Crippen molar-refractivity contribution in [1.82, 2.24) is 4.90 Å². The maximum absolute atomic E-state index is 13.0. The predicted molar refractivity (Wildman–Crippen MR) is 97.1 cm³/mol. The van der Waals surface area contributed by atoms with E-state index in [1.54, 1.807) is 0 Å². The quantitative estimate of drug-likeness (QED) is 0.786. The Kier molecular flexibility index (Phi) is 4.90. The first-order valence-corrected chi connectivity index (χ1v) is 9.41. The van der Waals surface area contributed by atoms with Gasteiger partial charge in [-0.15, -0.1) is 0 Å². The number of esters is 1. The van der Waals surface area contributed by atoms with E-state index in [1.807, 2.05) is 43.9 Å². The monoisotopic (exact) mass is 343 g/mol. The molecule has 1 aromatic carbocycles. The molecule has 1 aromatic rings. The number of hydrogen-bond acceptors (Lipinski definition) is 3. The Hall–Kier alpha value is -1.84. The van der Waals surface area contributed by atoms with Gasteiger partial charge in [-0.2, -0.15) is 0 Å². The lowest BCUT2D eigenvalue weighted by molar-refractivity contribution is -0.161. The van der Waals surface area contributed by atoms with Gasteiger partial charge in [0.05, 0.1) is 12.3 Å². The number of benzene rings is 1. The molecule has 2 aliphatic rings. The van der Waals surface area contributed by atoms with Gasteiger partial charge in [-0.1, -0.05) is 31.2 Å². The maximum atomic E-state index is 13.0. The zero-order valence-electron chi connectivity index (χ0n) is 15.7. The standard InChI is InChI=1S/C21H29NO3/c1-5-14-8-6-7-9-15(14)12-19(23)22-16-10-11-18(22)17(13-16)20(24)25-21(2,3)4/h6-9,16-18H,5,10-13H2,1-4H3. The smallest absolute Gasteiger partial charge is 0.311 e. The zero-order valence-corrected chi connectivity index (χ0v) is 15.7. The van der Waals surface area contributed by atoms with Crippen LogP contribution in [0.3, 0.4) is 0 Å². The highest BCUT2D eigenvalue weighted by atomic mass is 16.6. The van der Waals surface area contributed by atoms with Crippen LogP contribution in [0, 0.1) is 5.92 Å². The van der Waals surface area contributed by atoms with Gasteiger partial charge in [-0.05, 0) is 57.6 Å². The Morgan fingerprint density at radius 2 is 1.84 bits per heavy atom. The highest BCUT2D eigenvalue weighted by Gasteiger charge is 2.52. The van der Waals surface area contributed by atoms with Crippen molar-refractivity contribution in [3.8, 4) is 0 Å². The number of carbonyl (C=O) groups is 2. The Morgan fingerprint density at radius 3 is 2.48 bits per heavy atom. The molecule has 4 heteroatoms. The molecular weight excluding hydrogens is 314 g/mol. The van der Waals surface area contributed by atoms with Gasteiger partial charge in [0.15, 0.2) is 0 Å². The normalized spacial score (nSPS) is 25.3. The van der Waals surface area contributed by atoms with E-state index in [0.717, 1.165) is 31.2 Å². The number of nitrogens with zero attached hydrogens (tertiary/aromatic N) is 1. The molecule has 3 unspecified atom stereocenters. The van der Waals surface area contributed by atoms with E-state index in [1.165, 1.54) is 5.56 Å². The number of amides is 1. The Labute approximate surface area is 150 Å². The van der Waals surface area contributed by atoms with Gasteiger partial charge in [-0.25, -0.2) is 0 Å². The summed E-state index contributed by atoms with van der Waals surface area (Å²) in [5.74, 6) is -0.158. The molecule has 2 saturated heterocycles. The fourth-order valence-corrected chi connectivity index (χ4v) is 4.34. The minimum absolute atomic E-state index is 0.0149. The highest BCUT2D eigenvalue weighted by molar-refractivity contribution is 5.83. The number of carbonyl (C=O) groups excluding carboxylic acids is 2. The van der Waals surface area contributed by atoms with Crippen molar-refractivity contribution in [2.24, 2.45) is 5.92 Å². The molecule has 3 atom stereocenters. The second kappa shape index (κ2) is 6.81. The molecule has 0 radical (unpaired) electrons. The number of fused-ring (bicyclic) bond motifs is 2. The van der Waals surface area contributed by atoms with Gasteiger partial charge >= 0.3 is 5.97 Å². The summed E-state index contributed by atoms with van der Waals surface area (Å²) in [5.41, 5.74) is 1.86. The first-order valence-electron chi connectivity index (χ1n) is 9.41. The number of ether oxygens (including phenoxy) is 1. The van der Waals surface area contributed by atoms with E-state index in [2.05, 4.69) is 13.0 Å². The van der Waals surface area contributed by atoms with Crippen LogP contribution in [-0.2, 0) is 27.2 Å². The van der Waals surface area contributed by atoms with Gasteiger partial charge in [0.25, 0.3) is 0 Å². The van der Waals surface area contributed by atoms with E-state index >= 15 is 0 Å².